The lowest BCUT2D eigenvalue weighted by molar-refractivity contribution is 0.0947. The Morgan fingerprint density at radius 2 is 2.09 bits per heavy atom. The fourth-order valence-corrected chi connectivity index (χ4v) is 1.92. The minimum atomic E-state index is -0.199. The SMILES string of the molecule is CN(C)CCCNC(=O)c1cnc(NCc2cccnc2)cn1. The second kappa shape index (κ2) is 8.79. The zero-order chi connectivity index (χ0) is 16.5. The summed E-state index contributed by atoms with van der Waals surface area (Å²) >= 11 is 0. The van der Waals surface area contributed by atoms with Gasteiger partial charge in [-0.2, -0.15) is 0 Å². The zero-order valence-corrected chi connectivity index (χ0v) is 13.5. The highest BCUT2D eigenvalue weighted by Gasteiger charge is 2.07. The average Bonchev–Trinajstić information content (AvgIpc) is 2.58. The van der Waals surface area contributed by atoms with Gasteiger partial charge in [0.15, 0.2) is 0 Å². The number of pyridine rings is 1. The van der Waals surface area contributed by atoms with Crippen LogP contribution in [0.3, 0.4) is 0 Å². The van der Waals surface area contributed by atoms with Gasteiger partial charge in [0, 0.05) is 25.5 Å². The van der Waals surface area contributed by atoms with Gasteiger partial charge in [0.25, 0.3) is 5.91 Å². The van der Waals surface area contributed by atoms with Crippen molar-refractivity contribution in [3.63, 3.8) is 0 Å². The highest BCUT2D eigenvalue weighted by molar-refractivity contribution is 5.91. The summed E-state index contributed by atoms with van der Waals surface area (Å²) in [7, 11) is 4.01. The quantitative estimate of drug-likeness (QED) is 0.712. The first-order chi connectivity index (χ1) is 11.1. The van der Waals surface area contributed by atoms with E-state index in [1.165, 1.54) is 6.20 Å². The smallest absolute Gasteiger partial charge is 0.271 e. The van der Waals surface area contributed by atoms with Crippen molar-refractivity contribution < 1.29 is 4.79 Å². The molecule has 0 unspecified atom stereocenters. The third kappa shape index (κ3) is 5.99. The van der Waals surface area contributed by atoms with Gasteiger partial charge in [-0.25, -0.2) is 9.97 Å². The molecule has 0 saturated carbocycles. The van der Waals surface area contributed by atoms with Crippen LogP contribution in [0.5, 0.6) is 0 Å². The Kier molecular flexibility index (Phi) is 6.43. The first-order valence-electron chi connectivity index (χ1n) is 7.53. The van der Waals surface area contributed by atoms with E-state index in [1.807, 2.05) is 26.2 Å². The maximum Gasteiger partial charge on any atom is 0.271 e. The number of hydrogen-bond acceptors (Lipinski definition) is 6. The molecule has 0 aliphatic rings. The minimum Gasteiger partial charge on any atom is -0.365 e. The van der Waals surface area contributed by atoms with Gasteiger partial charge in [-0.1, -0.05) is 6.07 Å². The van der Waals surface area contributed by atoms with E-state index in [9.17, 15) is 4.79 Å². The molecule has 0 aromatic carbocycles. The number of rotatable bonds is 8. The number of nitrogens with zero attached hydrogens (tertiary/aromatic N) is 4. The molecule has 0 aliphatic heterocycles. The largest absolute Gasteiger partial charge is 0.365 e. The second-order valence-electron chi connectivity index (χ2n) is 5.41. The van der Waals surface area contributed by atoms with E-state index < -0.39 is 0 Å². The van der Waals surface area contributed by atoms with Crippen molar-refractivity contribution in [2.24, 2.45) is 0 Å². The monoisotopic (exact) mass is 314 g/mol. The van der Waals surface area contributed by atoms with Gasteiger partial charge in [0.2, 0.25) is 0 Å². The summed E-state index contributed by atoms with van der Waals surface area (Å²) in [5, 5.41) is 5.98. The van der Waals surface area contributed by atoms with Crippen LogP contribution in [0.2, 0.25) is 0 Å². The number of hydrogen-bond donors (Lipinski definition) is 2. The minimum absolute atomic E-state index is 0.199. The molecule has 0 fully saturated rings. The van der Waals surface area contributed by atoms with Crippen molar-refractivity contribution in [2.45, 2.75) is 13.0 Å². The molecule has 0 radical (unpaired) electrons. The molecule has 0 atom stereocenters. The molecule has 2 rings (SSSR count). The van der Waals surface area contributed by atoms with Crippen LogP contribution in [-0.2, 0) is 6.54 Å². The maximum atomic E-state index is 11.9. The van der Waals surface area contributed by atoms with E-state index in [4.69, 9.17) is 0 Å². The number of carbonyl (C=O) groups is 1. The molecule has 0 aliphatic carbocycles. The molecule has 122 valence electrons. The molecule has 1 amide bonds. The lowest BCUT2D eigenvalue weighted by Gasteiger charge is -2.10. The summed E-state index contributed by atoms with van der Waals surface area (Å²) in [6.45, 7) is 2.17. The number of anilines is 1. The predicted octanol–water partition coefficient (Wildman–Crippen LogP) is 1.17. The molecule has 2 N–H and O–H groups in total. The Morgan fingerprint density at radius 1 is 1.22 bits per heavy atom. The second-order valence-corrected chi connectivity index (χ2v) is 5.41. The molecule has 2 aromatic heterocycles. The maximum absolute atomic E-state index is 11.9. The fourth-order valence-electron chi connectivity index (χ4n) is 1.92. The Labute approximate surface area is 136 Å². The zero-order valence-electron chi connectivity index (χ0n) is 13.5. The van der Waals surface area contributed by atoms with Crippen LogP contribution in [0.15, 0.2) is 36.9 Å². The lowest BCUT2D eigenvalue weighted by Crippen LogP contribution is -2.27. The van der Waals surface area contributed by atoms with Crippen molar-refractivity contribution in [1.82, 2.24) is 25.2 Å². The van der Waals surface area contributed by atoms with Crippen LogP contribution in [0.1, 0.15) is 22.5 Å². The van der Waals surface area contributed by atoms with Crippen molar-refractivity contribution in [2.75, 3.05) is 32.5 Å². The fraction of sp³-hybridized carbons (Fsp3) is 0.375. The van der Waals surface area contributed by atoms with Gasteiger partial charge >= 0.3 is 0 Å². The molecular weight excluding hydrogens is 292 g/mol. The lowest BCUT2D eigenvalue weighted by atomic mass is 10.3. The normalized spacial score (nSPS) is 10.6. The molecule has 0 bridgehead atoms. The third-order valence-corrected chi connectivity index (χ3v) is 3.15. The predicted molar refractivity (Wildman–Crippen MR) is 89.1 cm³/mol. The van der Waals surface area contributed by atoms with Crippen LogP contribution in [0.25, 0.3) is 0 Å². The third-order valence-electron chi connectivity index (χ3n) is 3.15. The number of carbonyl (C=O) groups excluding carboxylic acids is 1. The molecule has 0 saturated heterocycles. The van der Waals surface area contributed by atoms with Gasteiger partial charge in [-0.15, -0.1) is 0 Å². The summed E-state index contributed by atoms with van der Waals surface area (Å²) in [6.07, 6.45) is 7.46. The molecule has 0 spiro atoms. The first-order valence-corrected chi connectivity index (χ1v) is 7.53. The van der Waals surface area contributed by atoms with Crippen molar-refractivity contribution >= 4 is 11.7 Å². The standard InChI is InChI=1S/C16H22N6O/c1-22(2)8-4-7-18-16(23)14-11-21-15(12-19-14)20-10-13-5-3-6-17-9-13/h3,5-6,9,11-12H,4,7-8,10H2,1-2H3,(H,18,23)(H,20,21). The summed E-state index contributed by atoms with van der Waals surface area (Å²) in [5.41, 5.74) is 1.37. The topological polar surface area (TPSA) is 83.0 Å². The Bertz CT molecular complexity index is 600. The van der Waals surface area contributed by atoms with Crippen molar-refractivity contribution in [1.29, 1.82) is 0 Å². The summed E-state index contributed by atoms with van der Waals surface area (Å²) < 4.78 is 0. The van der Waals surface area contributed by atoms with Crippen molar-refractivity contribution in [3.05, 3.63) is 48.2 Å². The van der Waals surface area contributed by atoms with E-state index in [-0.39, 0.29) is 5.91 Å². The summed E-state index contributed by atoms with van der Waals surface area (Å²) in [5.74, 6) is 0.424. The van der Waals surface area contributed by atoms with Gasteiger partial charge in [-0.3, -0.25) is 9.78 Å². The highest BCUT2D eigenvalue weighted by atomic mass is 16.1. The summed E-state index contributed by atoms with van der Waals surface area (Å²) in [6, 6.07) is 3.86. The van der Waals surface area contributed by atoms with E-state index in [0.717, 1.165) is 18.5 Å². The van der Waals surface area contributed by atoms with Crippen LogP contribution in [0.4, 0.5) is 5.82 Å². The van der Waals surface area contributed by atoms with Gasteiger partial charge in [0.1, 0.15) is 11.5 Å². The van der Waals surface area contributed by atoms with Gasteiger partial charge in [-0.05, 0) is 38.7 Å². The van der Waals surface area contributed by atoms with E-state index in [0.29, 0.717) is 24.6 Å². The Balaban J connectivity index is 1.78. The number of amides is 1. The van der Waals surface area contributed by atoms with Gasteiger partial charge < -0.3 is 15.5 Å². The average molecular weight is 314 g/mol. The number of aromatic nitrogens is 3. The molecule has 7 nitrogen and oxygen atoms in total. The van der Waals surface area contributed by atoms with Gasteiger partial charge in [0.05, 0.1) is 12.4 Å². The molecular formula is C16H22N6O. The number of nitrogens with one attached hydrogen (secondary N) is 2. The molecule has 23 heavy (non-hydrogen) atoms. The van der Waals surface area contributed by atoms with Crippen LogP contribution in [0, 0.1) is 0 Å². The molecule has 2 aromatic rings. The van der Waals surface area contributed by atoms with Crippen LogP contribution < -0.4 is 10.6 Å². The molecule has 2 heterocycles. The van der Waals surface area contributed by atoms with E-state index >= 15 is 0 Å². The van der Waals surface area contributed by atoms with Crippen molar-refractivity contribution in [3.8, 4) is 0 Å². The van der Waals surface area contributed by atoms with Crippen LogP contribution in [-0.4, -0.2) is 52.9 Å². The highest BCUT2D eigenvalue weighted by Crippen LogP contribution is 2.04. The molecule has 7 heteroatoms. The first kappa shape index (κ1) is 16.8. The summed E-state index contributed by atoms with van der Waals surface area (Å²) in [4.78, 5) is 26.4. The Hall–Kier alpha value is -2.54. The Morgan fingerprint density at radius 3 is 2.74 bits per heavy atom. The van der Waals surface area contributed by atoms with E-state index in [1.54, 1.807) is 18.6 Å². The van der Waals surface area contributed by atoms with Crippen LogP contribution >= 0.6 is 0 Å². The van der Waals surface area contributed by atoms with E-state index in [2.05, 4.69) is 30.5 Å².